The molecule has 0 fully saturated rings. The SMILES string of the molecule is O=CCCC(Br)c1ccccc1. The van der Waals surface area contributed by atoms with Crippen molar-refractivity contribution in [1.29, 1.82) is 0 Å². The molecule has 0 aliphatic rings. The van der Waals surface area contributed by atoms with Crippen LogP contribution in [0.1, 0.15) is 23.2 Å². The Morgan fingerprint density at radius 2 is 2.00 bits per heavy atom. The third-order valence-electron chi connectivity index (χ3n) is 1.70. The van der Waals surface area contributed by atoms with E-state index in [0.717, 1.165) is 12.7 Å². The molecule has 0 radical (unpaired) electrons. The number of rotatable bonds is 4. The molecule has 0 aliphatic heterocycles. The maximum Gasteiger partial charge on any atom is 0.120 e. The van der Waals surface area contributed by atoms with Crippen molar-refractivity contribution in [2.45, 2.75) is 17.7 Å². The van der Waals surface area contributed by atoms with Crippen LogP contribution in [-0.4, -0.2) is 6.29 Å². The zero-order valence-electron chi connectivity index (χ0n) is 6.74. The Kier molecular flexibility index (Phi) is 4.01. The summed E-state index contributed by atoms with van der Waals surface area (Å²) in [6, 6.07) is 10.1. The Morgan fingerprint density at radius 1 is 1.33 bits per heavy atom. The zero-order chi connectivity index (χ0) is 8.81. The van der Waals surface area contributed by atoms with Crippen LogP contribution in [0.25, 0.3) is 0 Å². The van der Waals surface area contributed by atoms with Gasteiger partial charge in [0.25, 0.3) is 0 Å². The average Bonchev–Trinajstić information content (AvgIpc) is 2.15. The normalized spacial score (nSPS) is 12.4. The predicted molar refractivity (Wildman–Crippen MR) is 53.4 cm³/mol. The average molecular weight is 227 g/mol. The van der Waals surface area contributed by atoms with E-state index in [-0.39, 0.29) is 0 Å². The van der Waals surface area contributed by atoms with Crippen LogP contribution in [0.15, 0.2) is 30.3 Å². The lowest BCUT2D eigenvalue weighted by atomic mass is 10.1. The van der Waals surface area contributed by atoms with Crippen LogP contribution >= 0.6 is 15.9 Å². The Labute approximate surface area is 80.9 Å². The third kappa shape index (κ3) is 2.78. The van der Waals surface area contributed by atoms with Crippen molar-refractivity contribution < 1.29 is 4.79 Å². The second-order valence-corrected chi connectivity index (χ2v) is 3.73. The van der Waals surface area contributed by atoms with Crippen molar-refractivity contribution >= 4 is 22.2 Å². The van der Waals surface area contributed by atoms with Crippen molar-refractivity contribution in [1.82, 2.24) is 0 Å². The van der Waals surface area contributed by atoms with Gasteiger partial charge < -0.3 is 4.79 Å². The molecule has 12 heavy (non-hydrogen) atoms. The number of aldehydes is 1. The number of benzene rings is 1. The number of halogens is 1. The highest BCUT2D eigenvalue weighted by Crippen LogP contribution is 2.26. The molecular formula is C10H11BrO. The van der Waals surface area contributed by atoms with Crippen LogP contribution in [0, 0.1) is 0 Å². The molecule has 2 heteroatoms. The van der Waals surface area contributed by atoms with Gasteiger partial charge in [0.2, 0.25) is 0 Å². The lowest BCUT2D eigenvalue weighted by molar-refractivity contribution is -0.107. The molecule has 0 heterocycles. The lowest BCUT2D eigenvalue weighted by Gasteiger charge is -2.06. The summed E-state index contributed by atoms with van der Waals surface area (Å²) in [5.74, 6) is 0. The van der Waals surface area contributed by atoms with Gasteiger partial charge in [0, 0.05) is 11.2 Å². The Bertz CT molecular complexity index is 233. The Morgan fingerprint density at radius 3 is 2.58 bits per heavy atom. The second kappa shape index (κ2) is 5.09. The van der Waals surface area contributed by atoms with E-state index in [4.69, 9.17) is 0 Å². The van der Waals surface area contributed by atoms with E-state index in [1.54, 1.807) is 0 Å². The number of hydrogen-bond donors (Lipinski definition) is 0. The van der Waals surface area contributed by atoms with Crippen LogP contribution in [0.4, 0.5) is 0 Å². The largest absolute Gasteiger partial charge is 0.303 e. The summed E-state index contributed by atoms with van der Waals surface area (Å²) in [4.78, 5) is 10.4. The molecule has 1 aromatic rings. The lowest BCUT2D eigenvalue weighted by Crippen LogP contribution is -1.89. The second-order valence-electron chi connectivity index (χ2n) is 2.62. The highest BCUT2D eigenvalue weighted by molar-refractivity contribution is 9.09. The van der Waals surface area contributed by atoms with Gasteiger partial charge in [-0.2, -0.15) is 0 Å². The van der Waals surface area contributed by atoms with Crippen LogP contribution in [0.3, 0.4) is 0 Å². The molecule has 0 saturated heterocycles. The van der Waals surface area contributed by atoms with Gasteiger partial charge in [0.1, 0.15) is 6.29 Å². The number of hydrogen-bond acceptors (Lipinski definition) is 1. The molecule has 0 bridgehead atoms. The molecule has 1 atom stereocenters. The smallest absolute Gasteiger partial charge is 0.120 e. The third-order valence-corrected chi connectivity index (χ3v) is 2.69. The highest BCUT2D eigenvalue weighted by atomic mass is 79.9. The Hall–Kier alpha value is -0.630. The van der Waals surface area contributed by atoms with Crippen molar-refractivity contribution in [3.05, 3.63) is 35.9 Å². The van der Waals surface area contributed by atoms with Crippen LogP contribution < -0.4 is 0 Å². The first-order valence-corrected chi connectivity index (χ1v) is 4.89. The summed E-state index contributed by atoms with van der Waals surface area (Å²) >= 11 is 3.53. The minimum absolute atomic E-state index is 0.309. The molecule has 0 aliphatic carbocycles. The summed E-state index contributed by atoms with van der Waals surface area (Å²) < 4.78 is 0. The van der Waals surface area contributed by atoms with Gasteiger partial charge in [0.15, 0.2) is 0 Å². The fourth-order valence-corrected chi connectivity index (χ4v) is 1.61. The summed E-state index contributed by atoms with van der Waals surface area (Å²) in [6.45, 7) is 0. The molecule has 1 rings (SSSR count). The van der Waals surface area contributed by atoms with Crippen molar-refractivity contribution in [2.75, 3.05) is 0 Å². The van der Waals surface area contributed by atoms with Crippen LogP contribution in [0.2, 0.25) is 0 Å². The number of carbonyl (C=O) groups is 1. The van der Waals surface area contributed by atoms with Crippen molar-refractivity contribution in [3.63, 3.8) is 0 Å². The molecule has 0 saturated carbocycles. The summed E-state index contributed by atoms with van der Waals surface area (Å²) in [6.07, 6.45) is 2.44. The maximum atomic E-state index is 10.1. The first-order chi connectivity index (χ1) is 5.84. The summed E-state index contributed by atoms with van der Waals surface area (Å²) in [7, 11) is 0. The first-order valence-electron chi connectivity index (χ1n) is 3.97. The molecule has 0 amide bonds. The van der Waals surface area contributed by atoms with Gasteiger partial charge >= 0.3 is 0 Å². The van der Waals surface area contributed by atoms with E-state index < -0.39 is 0 Å². The highest BCUT2D eigenvalue weighted by Gasteiger charge is 2.04. The van der Waals surface area contributed by atoms with E-state index in [1.807, 2.05) is 18.2 Å². The standard InChI is InChI=1S/C10H11BrO/c11-10(7-4-8-12)9-5-2-1-3-6-9/h1-3,5-6,8,10H,4,7H2. The van der Waals surface area contributed by atoms with Gasteiger partial charge in [-0.15, -0.1) is 0 Å². The quantitative estimate of drug-likeness (QED) is 0.570. The van der Waals surface area contributed by atoms with Crippen molar-refractivity contribution in [3.8, 4) is 0 Å². The van der Waals surface area contributed by atoms with Gasteiger partial charge in [-0.3, -0.25) is 0 Å². The summed E-state index contributed by atoms with van der Waals surface area (Å²) in [5.41, 5.74) is 1.24. The molecule has 64 valence electrons. The number of carbonyl (C=O) groups excluding carboxylic acids is 1. The van der Waals surface area contributed by atoms with Gasteiger partial charge in [-0.05, 0) is 12.0 Å². The fourth-order valence-electron chi connectivity index (χ4n) is 1.04. The summed E-state index contributed by atoms with van der Waals surface area (Å²) in [5, 5.41) is 0. The predicted octanol–water partition coefficient (Wildman–Crippen LogP) is 3.10. The first kappa shape index (κ1) is 9.46. The molecule has 0 aromatic heterocycles. The fraction of sp³-hybridized carbons (Fsp3) is 0.300. The molecular weight excluding hydrogens is 216 g/mol. The molecule has 1 aromatic carbocycles. The molecule has 1 nitrogen and oxygen atoms in total. The topological polar surface area (TPSA) is 17.1 Å². The van der Waals surface area contributed by atoms with Crippen LogP contribution in [-0.2, 0) is 4.79 Å². The Balaban J connectivity index is 2.53. The van der Waals surface area contributed by atoms with E-state index in [2.05, 4.69) is 28.1 Å². The maximum absolute atomic E-state index is 10.1. The van der Waals surface area contributed by atoms with Gasteiger partial charge in [-0.25, -0.2) is 0 Å². The van der Waals surface area contributed by atoms with E-state index in [9.17, 15) is 4.79 Å². The molecule has 0 spiro atoms. The zero-order valence-corrected chi connectivity index (χ0v) is 8.33. The van der Waals surface area contributed by atoms with Gasteiger partial charge in [-0.1, -0.05) is 46.3 Å². The monoisotopic (exact) mass is 226 g/mol. The minimum atomic E-state index is 0.309. The van der Waals surface area contributed by atoms with Gasteiger partial charge in [0.05, 0.1) is 0 Å². The molecule has 0 N–H and O–H groups in total. The van der Waals surface area contributed by atoms with E-state index in [0.29, 0.717) is 11.2 Å². The number of alkyl halides is 1. The van der Waals surface area contributed by atoms with E-state index in [1.165, 1.54) is 5.56 Å². The minimum Gasteiger partial charge on any atom is -0.303 e. The van der Waals surface area contributed by atoms with Crippen molar-refractivity contribution in [2.24, 2.45) is 0 Å². The van der Waals surface area contributed by atoms with E-state index >= 15 is 0 Å². The molecule has 1 unspecified atom stereocenters. The van der Waals surface area contributed by atoms with Crippen LogP contribution in [0.5, 0.6) is 0 Å².